The van der Waals surface area contributed by atoms with Crippen LogP contribution in [0.1, 0.15) is 11.1 Å². The molecular formula is C16H16O3. The normalized spacial score (nSPS) is 10.6. The van der Waals surface area contributed by atoms with Crippen LogP contribution in [0.25, 0.3) is 12.2 Å². The standard InChI is InChI=1S/C16H16O3/c1-18-15-9-10-16(19-2)13(11-15)6-3-12-4-7-14(17)8-5-12/h3-11,17H,1-2H3/b6-3+. The molecule has 2 aromatic carbocycles. The lowest BCUT2D eigenvalue weighted by molar-refractivity contribution is 0.402. The van der Waals surface area contributed by atoms with E-state index in [4.69, 9.17) is 9.47 Å². The fourth-order valence-electron chi connectivity index (χ4n) is 1.74. The second-order valence-corrected chi connectivity index (χ2v) is 4.03. The Hall–Kier alpha value is -2.42. The van der Waals surface area contributed by atoms with E-state index < -0.39 is 0 Å². The van der Waals surface area contributed by atoms with Gasteiger partial charge in [-0.3, -0.25) is 0 Å². The molecule has 0 heterocycles. The van der Waals surface area contributed by atoms with Gasteiger partial charge in [0.2, 0.25) is 0 Å². The van der Waals surface area contributed by atoms with Crippen LogP contribution in [-0.4, -0.2) is 19.3 Å². The molecule has 2 rings (SSSR count). The molecule has 1 N–H and O–H groups in total. The molecule has 0 saturated carbocycles. The highest BCUT2D eigenvalue weighted by Gasteiger charge is 2.01. The van der Waals surface area contributed by atoms with Gasteiger partial charge in [0.25, 0.3) is 0 Å². The van der Waals surface area contributed by atoms with E-state index in [1.807, 2.05) is 42.5 Å². The maximum atomic E-state index is 9.23. The van der Waals surface area contributed by atoms with Crippen LogP contribution in [0, 0.1) is 0 Å². The fourth-order valence-corrected chi connectivity index (χ4v) is 1.74. The van der Waals surface area contributed by atoms with Gasteiger partial charge < -0.3 is 14.6 Å². The number of ether oxygens (including phenoxy) is 2. The molecule has 0 aliphatic heterocycles. The minimum atomic E-state index is 0.260. The van der Waals surface area contributed by atoms with Crippen molar-refractivity contribution in [2.45, 2.75) is 0 Å². The van der Waals surface area contributed by atoms with Crippen LogP contribution < -0.4 is 9.47 Å². The Bertz CT molecular complexity index is 571. The molecule has 0 fully saturated rings. The van der Waals surface area contributed by atoms with Crippen LogP contribution in [0.15, 0.2) is 42.5 Å². The van der Waals surface area contributed by atoms with Crippen molar-refractivity contribution in [3.05, 3.63) is 53.6 Å². The third-order valence-electron chi connectivity index (χ3n) is 2.79. The van der Waals surface area contributed by atoms with E-state index in [0.717, 1.165) is 22.6 Å². The summed E-state index contributed by atoms with van der Waals surface area (Å²) in [5.41, 5.74) is 1.94. The summed E-state index contributed by atoms with van der Waals surface area (Å²) in [5.74, 6) is 1.83. The van der Waals surface area contributed by atoms with Crippen molar-refractivity contribution in [1.29, 1.82) is 0 Å². The maximum absolute atomic E-state index is 9.23. The first-order valence-corrected chi connectivity index (χ1v) is 5.92. The Balaban J connectivity index is 2.28. The van der Waals surface area contributed by atoms with E-state index in [0.29, 0.717) is 0 Å². The van der Waals surface area contributed by atoms with Crippen LogP contribution >= 0.6 is 0 Å². The van der Waals surface area contributed by atoms with Crippen molar-refractivity contribution < 1.29 is 14.6 Å². The minimum Gasteiger partial charge on any atom is -0.508 e. The average molecular weight is 256 g/mol. The van der Waals surface area contributed by atoms with Crippen LogP contribution in [0.3, 0.4) is 0 Å². The van der Waals surface area contributed by atoms with E-state index in [1.54, 1.807) is 26.4 Å². The first kappa shape index (κ1) is 13.0. The van der Waals surface area contributed by atoms with Crippen molar-refractivity contribution in [1.82, 2.24) is 0 Å². The number of hydrogen-bond acceptors (Lipinski definition) is 3. The minimum absolute atomic E-state index is 0.260. The molecule has 0 atom stereocenters. The number of hydrogen-bond donors (Lipinski definition) is 1. The Kier molecular flexibility index (Phi) is 4.08. The summed E-state index contributed by atoms with van der Waals surface area (Å²) < 4.78 is 10.5. The maximum Gasteiger partial charge on any atom is 0.126 e. The second kappa shape index (κ2) is 5.96. The summed E-state index contributed by atoms with van der Waals surface area (Å²) >= 11 is 0. The zero-order chi connectivity index (χ0) is 13.7. The number of methoxy groups -OCH3 is 2. The molecule has 0 unspecified atom stereocenters. The lowest BCUT2D eigenvalue weighted by atomic mass is 10.1. The van der Waals surface area contributed by atoms with Crippen LogP contribution in [0.2, 0.25) is 0 Å². The lowest BCUT2D eigenvalue weighted by Gasteiger charge is -2.07. The van der Waals surface area contributed by atoms with Crippen molar-refractivity contribution in [2.75, 3.05) is 14.2 Å². The molecule has 0 aliphatic rings. The van der Waals surface area contributed by atoms with E-state index in [9.17, 15) is 5.11 Å². The third-order valence-corrected chi connectivity index (χ3v) is 2.79. The van der Waals surface area contributed by atoms with E-state index in [2.05, 4.69) is 0 Å². The predicted molar refractivity (Wildman–Crippen MR) is 76.6 cm³/mol. The van der Waals surface area contributed by atoms with Crippen molar-refractivity contribution in [3.63, 3.8) is 0 Å². The molecular weight excluding hydrogens is 240 g/mol. The molecule has 0 spiro atoms. The first-order valence-electron chi connectivity index (χ1n) is 5.92. The highest BCUT2D eigenvalue weighted by atomic mass is 16.5. The molecule has 2 aromatic rings. The van der Waals surface area contributed by atoms with Gasteiger partial charge in [-0.2, -0.15) is 0 Å². The number of phenols is 1. The largest absolute Gasteiger partial charge is 0.508 e. The monoisotopic (exact) mass is 256 g/mol. The number of benzene rings is 2. The van der Waals surface area contributed by atoms with Gasteiger partial charge in [0.05, 0.1) is 14.2 Å². The summed E-state index contributed by atoms with van der Waals surface area (Å²) in [4.78, 5) is 0. The van der Waals surface area contributed by atoms with Gasteiger partial charge in [-0.1, -0.05) is 24.3 Å². The highest BCUT2D eigenvalue weighted by Crippen LogP contribution is 2.26. The van der Waals surface area contributed by atoms with Gasteiger partial charge in [-0.15, -0.1) is 0 Å². The highest BCUT2D eigenvalue weighted by molar-refractivity contribution is 5.73. The molecule has 19 heavy (non-hydrogen) atoms. The summed E-state index contributed by atoms with van der Waals surface area (Å²) in [5, 5.41) is 9.23. The molecule has 0 saturated heterocycles. The average Bonchev–Trinajstić information content (AvgIpc) is 2.46. The Morgan fingerprint density at radius 2 is 1.63 bits per heavy atom. The molecule has 0 radical (unpaired) electrons. The van der Waals surface area contributed by atoms with Crippen molar-refractivity contribution >= 4 is 12.2 Å². The molecule has 3 heteroatoms. The SMILES string of the molecule is COc1ccc(OC)c(/C=C/c2ccc(O)cc2)c1. The lowest BCUT2D eigenvalue weighted by Crippen LogP contribution is -1.89. The van der Waals surface area contributed by atoms with E-state index in [1.165, 1.54) is 0 Å². The Labute approximate surface area is 112 Å². The summed E-state index contributed by atoms with van der Waals surface area (Å²) in [7, 11) is 3.27. The zero-order valence-corrected chi connectivity index (χ0v) is 11.0. The van der Waals surface area contributed by atoms with Crippen LogP contribution in [0.5, 0.6) is 17.2 Å². The summed E-state index contributed by atoms with van der Waals surface area (Å²) in [6, 6.07) is 12.6. The second-order valence-electron chi connectivity index (χ2n) is 4.03. The van der Waals surface area contributed by atoms with Gasteiger partial charge in [-0.05, 0) is 35.9 Å². The van der Waals surface area contributed by atoms with E-state index in [-0.39, 0.29) is 5.75 Å². The first-order chi connectivity index (χ1) is 9.22. The Morgan fingerprint density at radius 1 is 0.895 bits per heavy atom. The molecule has 98 valence electrons. The summed E-state index contributed by atoms with van der Waals surface area (Å²) in [6.07, 6.45) is 3.91. The smallest absolute Gasteiger partial charge is 0.126 e. The molecule has 0 amide bonds. The predicted octanol–water partition coefficient (Wildman–Crippen LogP) is 3.58. The molecule has 0 bridgehead atoms. The number of aromatic hydroxyl groups is 1. The molecule has 3 nitrogen and oxygen atoms in total. The number of rotatable bonds is 4. The topological polar surface area (TPSA) is 38.7 Å². The van der Waals surface area contributed by atoms with Crippen molar-refractivity contribution in [2.24, 2.45) is 0 Å². The zero-order valence-electron chi connectivity index (χ0n) is 11.0. The van der Waals surface area contributed by atoms with Gasteiger partial charge in [0, 0.05) is 5.56 Å². The van der Waals surface area contributed by atoms with Gasteiger partial charge in [0.1, 0.15) is 17.2 Å². The van der Waals surface area contributed by atoms with Crippen molar-refractivity contribution in [3.8, 4) is 17.2 Å². The molecule has 0 aromatic heterocycles. The quantitative estimate of drug-likeness (QED) is 0.850. The third kappa shape index (κ3) is 3.28. The fraction of sp³-hybridized carbons (Fsp3) is 0.125. The number of phenolic OH excluding ortho intramolecular Hbond substituents is 1. The van der Waals surface area contributed by atoms with Crippen LogP contribution in [-0.2, 0) is 0 Å². The van der Waals surface area contributed by atoms with Crippen LogP contribution in [0.4, 0.5) is 0 Å². The molecule has 0 aliphatic carbocycles. The summed E-state index contributed by atoms with van der Waals surface area (Å²) in [6.45, 7) is 0. The van der Waals surface area contributed by atoms with Gasteiger partial charge >= 0.3 is 0 Å². The van der Waals surface area contributed by atoms with Gasteiger partial charge in [0.15, 0.2) is 0 Å². The van der Waals surface area contributed by atoms with E-state index >= 15 is 0 Å². The van der Waals surface area contributed by atoms with Gasteiger partial charge in [-0.25, -0.2) is 0 Å². The Morgan fingerprint density at radius 3 is 2.26 bits per heavy atom.